The summed E-state index contributed by atoms with van der Waals surface area (Å²) < 4.78 is 5.60. The largest absolute Gasteiger partial charge is 0.494 e. The van der Waals surface area contributed by atoms with Crippen molar-refractivity contribution in [3.05, 3.63) is 29.3 Å². The molecule has 1 aromatic carbocycles. The Balaban J connectivity index is 2.88. The van der Waals surface area contributed by atoms with E-state index in [9.17, 15) is 9.59 Å². The Morgan fingerprint density at radius 3 is 2.41 bits per heavy atom. The fourth-order valence-corrected chi connectivity index (χ4v) is 2.28. The molecule has 5 heteroatoms. The molecule has 0 saturated carbocycles. The smallest absolute Gasteiger partial charge is 0.311 e. The van der Waals surface area contributed by atoms with Gasteiger partial charge in [-0.2, -0.15) is 0 Å². The zero-order valence-electron chi connectivity index (χ0n) is 14.1. The number of hydrogen-bond acceptors (Lipinski definition) is 3. The molecule has 122 valence electrons. The van der Waals surface area contributed by atoms with Gasteiger partial charge in [-0.15, -0.1) is 0 Å². The van der Waals surface area contributed by atoms with Crippen molar-refractivity contribution in [2.24, 2.45) is 0 Å². The van der Waals surface area contributed by atoms with Gasteiger partial charge in [-0.05, 0) is 40.7 Å². The van der Waals surface area contributed by atoms with Crippen LogP contribution in [0.4, 0.5) is 0 Å². The second kappa shape index (κ2) is 8.41. The fraction of sp³-hybridized carbons (Fsp3) is 0.529. The van der Waals surface area contributed by atoms with Gasteiger partial charge in [0.15, 0.2) is 0 Å². The first-order valence-electron chi connectivity index (χ1n) is 7.77. The molecule has 0 heterocycles. The number of amides is 2. The zero-order valence-corrected chi connectivity index (χ0v) is 14.1. The number of ether oxygens (including phenoxy) is 1. The summed E-state index contributed by atoms with van der Waals surface area (Å²) in [5, 5.41) is 2.76. The number of rotatable bonds is 6. The van der Waals surface area contributed by atoms with Crippen LogP contribution in [0.15, 0.2) is 18.2 Å². The molecule has 0 radical (unpaired) electrons. The van der Waals surface area contributed by atoms with E-state index in [0.29, 0.717) is 19.7 Å². The highest BCUT2D eigenvalue weighted by Gasteiger charge is 2.22. The lowest BCUT2D eigenvalue weighted by Crippen LogP contribution is -2.43. The van der Waals surface area contributed by atoms with Gasteiger partial charge >= 0.3 is 11.8 Å². The van der Waals surface area contributed by atoms with E-state index < -0.39 is 11.8 Å². The summed E-state index contributed by atoms with van der Waals surface area (Å²) in [6.07, 6.45) is 0. The van der Waals surface area contributed by atoms with Gasteiger partial charge in [0.1, 0.15) is 5.75 Å². The van der Waals surface area contributed by atoms with Crippen molar-refractivity contribution >= 4 is 11.8 Å². The number of aryl methyl sites for hydroxylation is 1. The van der Waals surface area contributed by atoms with E-state index in [1.807, 2.05) is 52.8 Å². The molecule has 1 atom stereocenters. The van der Waals surface area contributed by atoms with Crippen LogP contribution in [0.1, 0.15) is 44.9 Å². The Hall–Kier alpha value is -2.04. The minimum atomic E-state index is -0.583. The average molecular weight is 306 g/mol. The van der Waals surface area contributed by atoms with Crippen molar-refractivity contribution in [1.29, 1.82) is 0 Å². The third-order valence-corrected chi connectivity index (χ3v) is 3.52. The topological polar surface area (TPSA) is 58.6 Å². The number of nitrogens with zero attached hydrogens (tertiary/aromatic N) is 1. The number of hydrogen-bond donors (Lipinski definition) is 1. The first-order chi connectivity index (χ1) is 10.4. The van der Waals surface area contributed by atoms with Crippen LogP contribution >= 0.6 is 0 Å². The van der Waals surface area contributed by atoms with Gasteiger partial charge in [0.2, 0.25) is 0 Å². The van der Waals surface area contributed by atoms with E-state index in [0.717, 1.165) is 16.9 Å². The molecule has 0 aromatic heterocycles. The van der Waals surface area contributed by atoms with Crippen molar-refractivity contribution in [2.45, 2.75) is 40.7 Å². The summed E-state index contributed by atoms with van der Waals surface area (Å²) in [5.41, 5.74) is 1.96. The van der Waals surface area contributed by atoms with Gasteiger partial charge < -0.3 is 15.0 Å². The molecule has 0 aliphatic heterocycles. The normalized spacial score (nSPS) is 11.7. The predicted molar refractivity (Wildman–Crippen MR) is 86.8 cm³/mol. The molecule has 0 bridgehead atoms. The molecule has 1 aromatic rings. The third-order valence-electron chi connectivity index (χ3n) is 3.52. The van der Waals surface area contributed by atoms with Gasteiger partial charge in [-0.3, -0.25) is 9.59 Å². The SMILES string of the molecule is CCOc1ccc(C)cc1C(C)NC(=O)C(=O)N(CC)CC. The Kier molecular flexibility index (Phi) is 6.89. The molecule has 0 saturated heterocycles. The summed E-state index contributed by atoms with van der Waals surface area (Å²) in [5.74, 6) is -0.348. The Morgan fingerprint density at radius 1 is 1.23 bits per heavy atom. The van der Waals surface area contributed by atoms with Crippen LogP contribution in [0.5, 0.6) is 5.75 Å². The molecule has 1 rings (SSSR count). The molecule has 0 spiro atoms. The maximum Gasteiger partial charge on any atom is 0.311 e. The van der Waals surface area contributed by atoms with E-state index in [1.165, 1.54) is 4.90 Å². The van der Waals surface area contributed by atoms with E-state index in [1.54, 1.807) is 0 Å². The summed E-state index contributed by atoms with van der Waals surface area (Å²) in [6, 6.07) is 5.53. The van der Waals surface area contributed by atoms with Crippen LogP contribution in [-0.4, -0.2) is 36.4 Å². The second-order valence-electron chi connectivity index (χ2n) is 5.15. The summed E-state index contributed by atoms with van der Waals surface area (Å²) in [4.78, 5) is 25.6. The van der Waals surface area contributed by atoms with Crippen LogP contribution in [0.25, 0.3) is 0 Å². The minimum Gasteiger partial charge on any atom is -0.494 e. The first kappa shape index (κ1) is 18.0. The number of benzene rings is 1. The van der Waals surface area contributed by atoms with Crippen LogP contribution in [-0.2, 0) is 9.59 Å². The van der Waals surface area contributed by atoms with Crippen LogP contribution in [0.3, 0.4) is 0 Å². The van der Waals surface area contributed by atoms with Crippen LogP contribution in [0.2, 0.25) is 0 Å². The molecular formula is C17H26N2O3. The minimum absolute atomic E-state index is 0.298. The molecule has 0 aliphatic rings. The van der Waals surface area contributed by atoms with E-state index in [-0.39, 0.29) is 6.04 Å². The summed E-state index contributed by atoms with van der Waals surface area (Å²) in [6.45, 7) is 11.0. The number of carbonyl (C=O) groups is 2. The average Bonchev–Trinajstić information content (AvgIpc) is 2.50. The van der Waals surface area contributed by atoms with Crippen molar-refractivity contribution in [2.75, 3.05) is 19.7 Å². The molecule has 22 heavy (non-hydrogen) atoms. The molecule has 0 aliphatic carbocycles. The van der Waals surface area contributed by atoms with E-state index in [4.69, 9.17) is 4.74 Å². The molecule has 5 nitrogen and oxygen atoms in total. The van der Waals surface area contributed by atoms with Crippen molar-refractivity contribution in [3.8, 4) is 5.75 Å². The highest BCUT2D eigenvalue weighted by atomic mass is 16.5. The lowest BCUT2D eigenvalue weighted by Gasteiger charge is -2.21. The number of likely N-dealkylation sites (N-methyl/N-ethyl adjacent to an activating group) is 1. The lowest BCUT2D eigenvalue weighted by atomic mass is 10.0. The van der Waals surface area contributed by atoms with E-state index >= 15 is 0 Å². The third kappa shape index (κ3) is 4.48. The lowest BCUT2D eigenvalue weighted by molar-refractivity contribution is -0.146. The van der Waals surface area contributed by atoms with Crippen LogP contribution in [0, 0.1) is 6.92 Å². The maximum absolute atomic E-state index is 12.1. The second-order valence-corrected chi connectivity index (χ2v) is 5.15. The first-order valence-corrected chi connectivity index (χ1v) is 7.77. The molecular weight excluding hydrogens is 280 g/mol. The highest BCUT2D eigenvalue weighted by Crippen LogP contribution is 2.26. The standard InChI is InChI=1S/C17H26N2O3/c1-6-19(7-2)17(21)16(20)18-13(5)14-11-12(4)9-10-15(14)22-8-3/h9-11,13H,6-8H2,1-5H3,(H,18,20). The van der Waals surface area contributed by atoms with Gasteiger partial charge in [0.25, 0.3) is 0 Å². The molecule has 2 amide bonds. The van der Waals surface area contributed by atoms with E-state index in [2.05, 4.69) is 5.32 Å². The Labute approximate surface area is 132 Å². The Bertz CT molecular complexity index is 525. The highest BCUT2D eigenvalue weighted by molar-refractivity contribution is 6.35. The van der Waals surface area contributed by atoms with Crippen molar-refractivity contribution < 1.29 is 14.3 Å². The quantitative estimate of drug-likeness (QED) is 0.821. The van der Waals surface area contributed by atoms with Crippen LogP contribution < -0.4 is 10.1 Å². The predicted octanol–water partition coefficient (Wildman–Crippen LogP) is 2.44. The van der Waals surface area contributed by atoms with Crippen molar-refractivity contribution in [1.82, 2.24) is 10.2 Å². The van der Waals surface area contributed by atoms with Gasteiger partial charge in [0.05, 0.1) is 12.6 Å². The molecule has 0 fully saturated rings. The zero-order chi connectivity index (χ0) is 16.7. The Morgan fingerprint density at radius 2 is 1.86 bits per heavy atom. The number of carbonyl (C=O) groups excluding carboxylic acids is 2. The van der Waals surface area contributed by atoms with Gasteiger partial charge in [-0.25, -0.2) is 0 Å². The summed E-state index contributed by atoms with van der Waals surface area (Å²) >= 11 is 0. The monoisotopic (exact) mass is 306 g/mol. The molecule has 1 N–H and O–H groups in total. The van der Waals surface area contributed by atoms with Gasteiger partial charge in [0, 0.05) is 18.7 Å². The summed E-state index contributed by atoms with van der Waals surface area (Å²) in [7, 11) is 0. The maximum atomic E-state index is 12.1. The molecule has 1 unspecified atom stereocenters. The number of nitrogens with one attached hydrogen (secondary N) is 1. The fourth-order valence-electron chi connectivity index (χ4n) is 2.28. The van der Waals surface area contributed by atoms with Gasteiger partial charge in [-0.1, -0.05) is 17.7 Å². The van der Waals surface area contributed by atoms with Crippen molar-refractivity contribution in [3.63, 3.8) is 0 Å².